The van der Waals surface area contributed by atoms with Gasteiger partial charge in [-0.2, -0.15) is 0 Å². The van der Waals surface area contributed by atoms with E-state index in [2.05, 4.69) is 32.4 Å². The first-order chi connectivity index (χ1) is 14.3. The van der Waals surface area contributed by atoms with Gasteiger partial charge in [-0.3, -0.25) is 0 Å². The van der Waals surface area contributed by atoms with Gasteiger partial charge >= 0.3 is 0 Å². The molecule has 5 rings (SSSR count). The summed E-state index contributed by atoms with van der Waals surface area (Å²) < 4.78 is 17.3. The van der Waals surface area contributed by atoms with Crippen LogP contribution in [-0.2, 0) is 9.47 Å². The fourth-order valence-electron chi connectivity index (χ4n) is 3.93. The molecule has 3 aromatic rings. The van der Waals surface area contributed by atoms with Crippen LogP contribution in [0.1, 0.15) is 42.5 Å². The molecule has 1 fully saturated rings. The molecule has 1 aliphatic carbocycles. The summed E-state index contributed by atoms with van der Waals surface area (Å²) in [7, 11) is 1.71. The number of ether oxygens (including phenoxy) is 3. The van der Waals surface area contributed by atoms with Crippen LogP contribution in [0.2, 0.25) is 0 Å². The molecule has 1 aromatic carbocycles. The van der Waals surface area contributed by atoms with Gasteiger partial charge in [0.15, 0.2) is 0 Å². The van der Waals surface area contributed by atoms with E-state index in [-0.39, 0.29) is 12.1 Å². The number of hydrogen-bond donors (Lipinski definition) is 2. The van der Waals surface area contributed by atoms with Crippen LogP contribution in [0.15, 0.2) is 36.7 Å². The third-order valence-electron chi connectivity index (χ3n) is 5.61. The quantitative estimate of drug-likeness (QED) is 0.566. The van der Waals surface area contributed by atoms with E-state index >= 15 is 0 Å². The van der Waals surface area contributed by atoms with Gasteiger partial charge in [0.05, 0.1) is 11.4 Å². The fraction of sp³-hybridized carbons (Fsp3) is 0.455. The minimum Gasteiger partial charge on any atom is -0.490 e. The summed E-state index contributed by atoms with van der Waals surface area (Å²) in [5, 5.41) is 4.66. The first-order valence-electron chi connectivity index (χ1n) is 10.3. The minimum atomic E-state index is -0.117. The second kappa shape index (κ2) is 8.00. The predicted molar refractivity (Wildman–Crippen MR) is 110 cm³/mol. The Morgan fingerprint density at radius 3 is 2.97 bits per heavy atom. The van der Waals surface area contributed by atoms with Crippen molar-refractivity contribution in [3.63, 3.8) is 0 Å². The molecule has 1 saturated carbocycles. The summed E-state index contributed by atoms with van der Waals surface area (Å²) in [5.41, 5.74) is 3.21. The number of para-hydroxylation sites is 1. The molecule has 0 spiro atoms. The highest BCUT2D eigenvalue weighted by molar-refractivity contribution is 5.88. The van der Waals surface area contributed by atoms with E-state index in [0.29, 0.717) is 25.7 Å². The van der Waals surface area contributed by atoms with Gasteiger partial charge in [-0.05, 0) is 37.3 Å². The lowest BCUT2D eigenvalue weighted by molar-refractivity contribution is -0.00924. The maximum absolute atomic E-state index is 6.17. The molecule has 7 heteroatoms. The van der Waals surface area contributed by atoms with E-state index in [1.54, 1.807) is 13.4 Å². The Morgan fingerprint density at radius 1 is 1.21 bits per heavy atom. The molecule has 0 unspecified atom stereocenters. The normalized spacial score (nSPS) is 21.0. The Kier molecular flexibility index (Phi) is 5.08. The van der Waals surface area contributed by atoms with Crippen molar-refractivity contribution in [3.8, 4) is 5.75 Å². The molecule has 2 aromatic heterocycles. The number of methoxy groups -OCH3 is 1. The van der Waals surface area contributed by atoms with Crippen LogP contribution in [0.3, 0.4) is 0 Å². The van der Waals surface area contributed by atoms with Crippen LogP contribution in [0.25, 0.3) is 11.0 Å². The van der Waals surface area contributed by atoms with Crippen molar-refractivity contribution in [3.05, 3.63) is 47.9 Å². The first kappa shape index (κ1) is 18.4. The van der Waals surface area contributed by atoms with Crippen molar-refractivity contribution in [1.82, 2.24) is 15.0 Å². The van der Waals surface area contributed by atoms with E-state index < -0.39 is 0 Å². The molecular weight excluding hydrogens is 368 g/mol. The Bertz CT molecular complexity index is 985. The number of nitrogens with one attached hydrogen (secondary N) is 2. The smallest absolute Gasteiger partial charge is 0.143 e. The number of H-pyrrole nitrogens is 1. The SMILES string of the molecule is COCCCO[C@H]1COc2ccccc2[C@@H]1Nc1ncnc2[nH]c(C3CC3)cc12. The number of hydrogen-bond acceptors (Lipinski definition) is 6. The molecule has 0 amide bonds. The average molecular weight is 394 g/mol. The zero-order valence-electron chi connectivity index (χ0n) is 16.6. The maximum atomic E-state index is 6.17. The van der Waals surface area contributed by atoms with Crippen molar-refractivity contribution in [2.45, 2.75) is 37.3 Å². The van der Waals surface area contributed by atoms with Gasteiger partial charge in [0.1, 0.15) is 36.3 Å². The van der Waals surface area contributed by atoms with E-state index in [1.165, 1.54) is 18.5 Å². The van der Waals surface area contributed by atoms with E-state index in [0.717, 1.165) is 34.6 Å². The predicted octanol–water partition coefficient (Wildman–Crippen LogP) is 3.80. The second-order valence-electron chi connectivity index (χ2n) is 7.71. The molecule has 0 saturated heterocycles. The Morgan fingerprint density at radius 2 is 2.10 bits per heavy atom. The molecule has 2 aliphatic rings. The topological polar surface area (TPSA) is 81.3 Å². The van der Waals surface area contributed by atoms with Gasteiger partial charge in [-0.25, -0.2) is 9.97 Å². The number of benzene rings is 1. The Balaban J connectivity index is 1.44. The summed E-state index contributed by atoms with van der Waals surface area (Å²) in [6.07, 6.45) is 4.83. The Labute approximate surface area is 169 Å². The van der Waals surface area contributed by atoms with E-state index in [9.17, 15) is 0 Å². The molecule has 7 nitrogen and oxygen atoms in total. The number of fused-ring (bicyclic) bond motifs is 2. The molecule has 3 heterocycles. The largest absolute Gasteiger partial charge is 0.490 e. The monoisotopic (exact) mass is 394 g/mol. The molecule has 2 atom stereocenters. The maximum Gasteiger partial charge on any atom is 0.143 e. The zero-order chi connectivity index (χ0) is 19.6. The lowest BCUT2D eigenvalue weighted by atomic mass is 9.98. The molecule has 152 valence electrons. The van der Waals surface area contributed by atoms with Crippen molar-refractivity contribution < 1.29 is 14.2 Å². The van der Waals surface area contributed by atoms with Gasteiger partial charge in [0.2, 0.25) is 0 Å². The van der Waals surface area contributed by atoms with Crippen LogP contribution < -0.4 is 10.1 Å². The van der Waals surface area contributed by atoms with Gasteiger partial charge in [0, 0.05) is 31.6 Å². The molecule has 0 radical (unpaired) electrons. The summed E-state index contributed by atoms with van der Waals surface area (Å²) in [6.45, 7) is 1.80. The van der Waals surface area contributed by atoms with E-state index in [4.69, 9.17) is 14.2 Å². The van der Waals surface area contributed by atoms with Crippen LogP contribution in [0, 0.1) is 0 Å². The molecular formula is C22H26N4O3. The summed E-state index contributed by atoms with van der Waals surface area (Å²) in [5.74, 6) is 2.35. The molecule has 29 heavy (non-hydrogen) atoms. The van der Waals surface area contributed by atoms with Crippen LogP contribution in [0.4, 0.5) is 5.82 Å². The number of aromatic nitrogens is 3. The van der Waals surface area contributed by atoms with E-state index in [1.807, 2.05) is 18.2 Å². The summed E-state index contributed by atoms with van der Waals surface area (Å²) in [4.78, 5) is 12.4. The lowest BCUT2D eigenvalue weighted by Gasteiger charge is -2.34. The van der Waals surface area contributed by atoms with Gasteiger partial charge in [-0.1, -0.05) is 18.2 Å². The van der Waals surface area contributed by atoms with Crippen molar-refractivity contribution >= 4 is 16.9 Å². The van der Waals surface area contributed by atoms with Gasteiger partial charge < -0.3 is 24.5 Å². The van der Waals surface area contributed by atoms with Gasteiger partial charge in [-0.15, -0.1) is 0 Å². The molecule has 1 aliphatic heterocycles. The molecule has 0 bridgehead atoms. The zero-order valence-corrected chi connectivity index (χ0v) is 16.6. The van der Waals surface area contributed by atoms with Crippen molar-refractivity contribution in [1.29, 1.82) is 0 Å². The van der Waals surface area contributed by atoms with Crippen molar-refractivity contribution in [2.75, 3.05) is 32.2 Å². The summed E-state index contributed by atoms with van der Waals surface area (Å²) in [6, 6.07) is 10.2. The van der Waals surface area contributed by atoms with Crippen molar-refractivity contribution in [2.24, 2.45) is 0 Å². The Hall–Kier alpha value is -2.64. The minimum absolute atomic E-state index is 0.0557. The highest BCUT2D eigenvalue weighted by atomic mass is 16.5. The first-order valence-corrected chi connectivity index (χ1v) is 10.3. The van der Waals surface area contributed by atoms with Crippen LogP contribution >= 0.6 is 0 Å². The summed E-state index contributed by atoms with van der Waals surface area (Å²) >= 11 is 0. The highest BCUT2D eigenvalue weighted by Gasteiger charge is 2.33. The highest BCUT2D eigenvalue weighted by Crippen LogP contribution is 2.42. The number of nitrogens with zero attached hydrogens (tertiary/aromatic N) is 2. The number of aromatic amines is 1. The van der Waals surface area contributed by atoms with Crippen LogP contribution in [-0.4, -0.2) is 48.0 Å². The number of rotatable bonds is 8. The molecule has 2 N–H and O–H groups in total. The second-order valence-corrected chi connectivity index (χ2v) is 7.71. The third kappa shape index (κ3) is 3.80. The van der Waals surface area contributed by atoms with Crippen LogP contribution in [0.5, 0.6) is 5.75 Å². The van der Waals surface area contributed by atoms with Gasteiger partial charge in [0.25, 0.3) is 0 Å². The average Bonchev–Trinajstić information content (AvgIpc) is 3.51. The number of anilines is 1. The standard InChI is InChI=1S/C22H26N4O3/c1-27-9-4-10-28-19-12-29-18-6-3-2-5-15(18)20(19)26-22-16-11-17(14-7-8-14)25-21(16)23-13-24-22/h2-3,5-6,11,13-14,19-20H,4,7-10,12H2,1H3,(H2,23,24,25,26)/t19-,20-/m0/s1. The third-order valence-corrected chi connectivity index (χ3v) is 5.61. The fourth-order valence-corrected chi connectivity index (χ4v) is 3.93. The lowest BCUT2D eigenvalue weighted by Crippen LogP contribution is -2.38.